The van der Waals surface area contributed by atoms with E-state index in [0.717, 1.165) is 11.3 Å². The van der Waals surface area contributed by atoms with Crippen LogP contribution in [0.1, 0.15) is 45.0 Å². The van der Waals surface area contributed by atoms with E-state index in [4.69, 9.17) is 0 Å². The molecular weight excluding hydrogens is 309 g/mol. The number of nitrogens with zero attached hydrogens (tertiary/aromatic N) is 3. The molecule has 0 radical (unpaired) electrons. The predicted molar refractivity (Wildman–Crippen MR) is 90.7 cm³/mol. The van der Waals surface area contributed by atoms with Crippen LogP contribution in [0.3, 0.4) is 0 Å². The van der Waals surface area contributed by atoms with Gasteiger partial charge in [-0.15, -0.1) is 5.10 Å². The van der Waals surface area contributed by atoms with Gasteiger partial charge in [0.1, 0.15) is 5.82 Å². The number of halogens is 1. The predicted octanol–water partition coefficient (Wildman–Crippen LogP) is 3.03. The molecule has 2 N–H and O–H groups in total. The molecule has 0 saturated carbocycles. The van der Waals surface area contributed by atoms with Gasteiger partial charge in [-0.2, -0.15) is 0 Å². The second kappa shape index (κ2) is 5.74. The van der Waals surface area contributed by atoms with E-state index in [1.54, 1.807) is 18.3 Å². The standard InChI is InChI=1S/C17H20FN5O/c1-10(11-5-7-12(18)8-6-11)19-14-15-21-22-16(24)23(15)9-13(20-14)17(2,3)4/h5-10H,1-4H3,(H,19,20)(H,22,24). The zero-order valence-corrected chi connectivity index (χ0v) is 14.1. The van der Waals surface area contributed by atoms with E-state index in [0.29, 0.717) is 11.5 Å². The fourth-order valence-corrected chi connectivity index (χ4v) is 2.41. The Kier molecular flexibility index (Phi) is 3.87. The van der Waals surface area contributed by atoms with Crippen molar-refractivity contribution in [3.8, 4) is 0 Å². The van der Waals surface area contributed by atoms with E-state index in [1.165, 1.54) is 16.5 Å². The molecule has 6 nitrogen and oxygen atoms in total. The van der Waals surface area contributed by atoms with Crippen LogP contribution in [0.4, 0.5) is 10.2 Å². The third-order valence-electron chi connectivity index (χ3n) is 3.89. The lowest BCUT2D eigenvalue weighted by Gasteiger charge is -2.21. The summed E-state index contributed by atoms with van der Waals surface area (Å²) in [4.78, 5) is 16.6. The number of fused-ring (bicyclic) bond motifs is 1. The molecule has 0 aliphatic rings. The first-order valence-electron chi connectivity index (χ1n) is 7.76. The highest BCUT2D eigenvalue weighted by Gasteiger charge is 2.21. The van der Waals surface area contributed by atoms with Gasteiger partial charge < -0.3 is 5.32 Å². The topological polar surface area (TPSA) is 75.1 Å². The molecule has 1 aromatic carbocycles. The summed E-state index contributed by atoms with van der Waals surface area (Å²) in [5, 5.41) is 9.76. The van der Waals surface area contributed by atoms with Crippen LogP contribution in [0.15, 0.2) is 35.3 Å². The van der Waals surface area contributed by atoms with Crippen LogP contribution < -0.4 is 11.0 Å². The fourth-order valence-electron chi connectivity index (χ4n) is 2.41. The third kappa shape index (κ3) is 3.02. The van der Waals surface area contributed by atoms with E-state index >= 15 is 0 Å². The van der Waals surface area contributed by atoms with Crippen molar-refractivity contribution in [1.82, 2.24) is 19.6 Å². The molecule has 3 aromatic rings. The molecule has 0 amide bonds. The molecule has 0 aliphatic carbocycles. The minimum absolute atomic E-state index is 0.121. The van der Waals surface area contributed by atoms with Crippen molar-refractivity contribution in [2.24, 2.45) is 0 Å². The van der Waals surface area contributed by atoms with Crippen LogP contribution in [0.2, 0.25) is 0 Å². The highest BCUT2D eigenvalue weighted by Crippen LogP contribution is 2.25. The Hall–Kier alpha value is -2.70. The molecular formula is C17H20FN5O. The van der Waals surface area contributed by atoms with Crippen molar-refractivity contribution in [1.29, 1.82) is 0 Å². The fraction of sp³-hybridized carbons (Fsp3) is 0.353. The van der Waals surface area contributed by atoms with Crippen molar-refractivity contribution >= 4 is 11.5 Å². The van der Waals surface area contributed by atoms with Gasteiger partial charge in [0, 0.05) is 11.6 Å². The Morgan fingerprint density at radius 1 is 1.25 bits per heavy atom. The van der Waals surface area contributed by atoms with Crippen molar-refractivity contribution in [2.75, 3.05) is 5.32 Å². The zero-order valence-electron chi connectivity index (χ0n) is 14.1. The minimum atomic E-state index is -0.310. The lowest BCUT2D eigenvalue weighted by atomic mass is 9.93. The number of anilines is 1. The van der Waals surface area contributed by atoms with Gasteiger partial charge >= 0.3 is 5.69 Å². The summed E-state index contributed by atoms with van der Waals surface area (Å²) in [6.45, 7) is 8.03. The second-order valence-corrected chi connectivity index (χ2v) is 6.86. The van der Waals surface area contributed by atoms with Crippen molar-refractivity contribution in [2.45, 2.75) is 39.2 Å². The van der Waals surface area contributed by atoms with Crippen LogP contribution >= 0.6 is 0 Å². The quantitative estimate of drug-likeness (QED) is 0.774. The maximum Gasteiger partial charge on any atom is 0.347 e. The Balaban J connectivity index is 2.04. The SMILES string of the molecule is CC(Nc1nc(C(C)(C)C)cn2c(=O)[nH]nc12)c1ccc(F)cc1. The van der Waals surface area contributed by atoms with Crippen LogP contribution in [0, 0.1) is 5.82 Å². The third-order valence-corrected chi connectivity index (χ3v) is 3.89. The molecule has 0 aliphatic heterocycles. The molecule has 3 rings (SSSR count). The second-order valence-electron chi connectivity index (χ2n) is 6.86. The number of aromatic nitrogens is 4. The lowest BCUT2D eigenvalue weighted by Crippen LogP contribution is -2.20. The molecule has 2 aromatic heterocycles. The first-order valence-corrected chi connectivity index (χ1v) is 7.76. The van der Waals surface area contributed by atoms with E-state index < -0.39 is 0 Å². The molecule has 0 spiro atoms. The van der Waals surface area contributed by atoms with E-state index in [1.807, 2.05) is 27.7 Å². The van der Waals surface area contributed by atoms with Gasteiger partial charge in [0.25, 0.3) is 0 Å². The molecule has 1 unspecified atom stereocenters. The van der Waals surface area contributed by atoms with Crippen LogP contribution in [0.25, 0.3) is 5.65 Å². The van der Waals surface area contributed by atoms with Gasteiger partial charge in [-0.3, -0.25) is 0 Å². The number of hydrogen-bond donors (Lipinski definition) is 2. The van der Waals surface area contributed by atoms with Crippen LogP contribution in [-0.2, 0) is 5.41 Å². The smallest absolute Gasteiger partial charge is 0.347 e. The summed E-state index contributed by atoms with van der Waals surface area (Å²) in [7, 11) is 0. The molecule has 0 fully saturated rings. The Bertz CT molecular complexity index is 921. The van der Waals surface area contributed by atoms with Gasteiger partial charge in [-0.25, -0.2) is 23.7 Å². The van der Waals surface area contributed by atoms with Gasteiger partial charge in [0.15, 0.2) is 5.82 Å². The molecule has 2 heterocycles. The number of hydrogen-bond acceptors (Lipinski definition) is 4. The molecule has 1 atom stereocenters. The Labute approximate surface area is 138 Å². The van der Waals surface area contributed by atoms with E-state index in [2.05, 4.69) is 20.5 Å². The normalized spacial score (nSPS) is 13.2. The van der Waals surface area contributed by atoms with Crippen LogP contribution in [0.5, 0.6) is 0 Å². The Morgan fingerprint density at radius 3 is 2.54 bits per heavy atom. The largest absolute Gasteiger partial charge is 0.360 e. The van der Waals surface area contributed by atoms with Gasteiger partial charge in [-0.1, -0.05) is 32.9 Å². The summed E-state index contributed by atoms with van der Waals surface area (Å²) in [6, 6.07) is 6.15. The number of H-pyrrole nitrogens is 1. The maximum atomic E-state index is 13.1. The van der Waals surface area contributed by atoms with Gasteiger partial charge in [-0.05, 0) is 24.6 Å². The molecule has 0 saturated heterocycles. The first kappa shape index (κ1) is 16.2. The summed E-state index contributed by atoms with van der Waals surface area (Å²) in [5.41, 5.74) is 1.58. The highest BCUT2D eigenvalue weighted by molar-refractivity contribution is 5.63. The average Bonchev–Trinajstić information content (AvgIpc) is 2.89. The number of benzene rings is 1. The van der Waals surface area contributed by atoms with Crippen molar-refractivity contribution < 1.29 is 4.39 Å². The maximum absolute atomic E-state index is 13.1. The molecule has 126 valence electrons. The molecule has 0 bridgehead atoms. The summed E-state index contributed by atoms with van der Waals surface area (Å²) in [5.74, 6) is 0.234. The Morgan fingerprint density at radius 2 is 1.92 bits per heavy atom. The van der Waals surface area contributed by atoms with Crippen LogP contribution in [-0.4, -0.2) is 19.6 Å². The summed E-state index contributed by atoms with van der Waals surface area (Å²) >= 11 is 0. The van der Waals surface area contributed by atoms with E-state index in [9.17, 15) is 9.18 Å². The average molecular weight is 329 g/mol. The van der Waals surface area contributed by atoms with Crippen molar-refractivity contribution in [3.63, 3.8) is 0 Å². The van der Waals surface area contributed by atoms with E-state index in [-0.39, 0.29) is 23.0 Å². The minimum Gasteiger partial charge on any atom is -0.360 e. The summed E-state index contributed by atoms with van der Waals surface area (Å²) < 4.78 is 14.5. The van der Waals surface area contributed by atoms with Gasteiger partial charge in [0.2, 0.25) is 5.65 Å². The number of rotatable bonds is 3. The number of aromatic amines is 1. The monoisotopic (exact) mass is 329 g/mol. The lowest BCUT2D eigenvalue weighted by molar-refractivity contribution is 0.564. The molecule has 24 heavy (non-hydrogen) atoms. The zero-order chi connectivity index (χ0) is 17.5. The van der Waals surface area contributed by atoms with Gasteiger partial charge in [0.05, 0.1) is 11.7 Å². The van der Waals surface area contributed by atoms with Crippen molar-refractivity contribution in [3.05, 3.63) is 58.0 Å². The summed E-state index contributed by atoms with van der Waals surface area (Å²) in [6.07, 6.45) is 1.70. The molecule has 7 heteroatoms. The highest BCUT2D eigenvalue weighted by atomic mass is 19.1. The number of nitrogens with one attached hydrogen (secondary N) is 2. The first-order chi connectivity index (χ1) is 11.3.